The highest BCUT2D eigenvalue weighted by Gasteiger charge is 2.48. The molecule has 0 aromatic heterocycles. The molecule has 2 atom stereocenters. The van der Waals surface area contributed by atoms with Crippen LogP contribution in [0.15, 0.2) is 17.6 Å². The molecule has 0 saturated heterocycles. The Hall–Kier alpha value is -0.750. The van der Waals surface area contributed by atoms with Gasteiger partial charge >= 0.3 is 0 Å². The Balaban J connectivity index is 2.59. The zero-order chi connectivity index (χ0) is 12.9. The van der Waals surface area contributed by atoms with Gasteiger partial charge in [0.05, 0.1) is 12.3 Å². The molecule has 2 unspecified atom stereocenters. The number of nitrogens with zero attached hydrogens (tertiary/aromatic N) is 1. The van der Waals surface area contributed by atoms with E-state index in [1.165, 1.54) is 0 Å². The molecular formula is C12H22N2O3. The summed E-state index contributed by atoms with van der Waals surface area (Å²) in [7, 11) is 0. The Morgan fingerprint density at radius 2 is 2.12 bits per heavy atom. The Morgan fingerprint density at radius 1 is 1.47 bits per heavy atom. The van der Waals surface area contributed by atoms with Crippen molar-refractivity contribution in [1.82, 2.24) is 0 Å². The molecule has 0 bridgehead atoms. The molecule has 0 aromatic carbocycles. The van der Waals surface area contributed by atoms with E-state index in [2.05, 4.69) is 11.6 Å². The first-order valence-corrected chi connectivity index (χ1v) is 5.96. The molecule has 1 aliphatic rings. The lowest BCUT2D eigenvalue weighted by molar-refractivity contribution is 0.0563. The minimum Gasteiger partial charge on any atom is -0.396 e. The van der Waals surface area contributed by atoms with E-state index in [-0.39, 0.29) is 6.61 Å². The molecule has 5 N–H and O–H groups in total. The van der Waals surface area contributed by atoms with Gasteiger partial charge in [0.25, 0.3) is 0 Å². The Labute approximate surface area is 102 Å². The summed E-state index contributed by atoms with van der Waals surface area (Å²) in [5.41, 5.74) is 5.28. The van der Waals surface area contributed by atoms with Crippen LogP contribution in [-0.2, 0) is 0 Å². The van der Waals surface area contributed by atoms with Crippen molar-refractivity contribution in [3.05, 3.63) is 12.7 Å². The topological polar surface area (TPSA) is 99.1 Å². The lowest BCUT2D eigenvalue weighted by Crippen LogP contribution is -2.33. The van der Waals surface area contributed by atoms with Crippen molar-refractivity contribution in [2.45, 2.75) is 44.6 Å². The Morgan fingerprint density at radius 3 is 2.53 bits per heavy atom. The predicted octanol–water partition coefficient (Wildman–Crippen LogP) is 0.152. The van der Waals surface area contributed by atoms with E-state index < -0.39 is 17.9 Å². The Kier molecular flexibility index (Phi) is 5.27. The number of aliphatic imine (C=N–C) groups is 1. The smallest absolute Gasteiger partial charge is 0.152 e. The minimum absolute atomic E-state index is 0.0850. The third kappa shape index (κ3) is 3.89. The van der Waals surface area contributed by atoms with Gasteiger partial charge in [-0.15, -0.1) is 6.58 Å². The minimum atomic E-state index is -1.15. The lowest BCUT2D eigenvalue weighted by atomic mass is 10.1. The fraction of sp³-hybridized carbons (Fsp3) is 0.750. The van der Waals surface area contributed by atoms with Crippen LogP contribution in [0, 0.1) is 5.41 Å². The molecule has 0 amide bonds. The highest BCUT2D eigenvalue weighted by Crippen LogP contribution is 2.48. The molecular weight excluding hydrogens is 220 g/mol. The average molecular weight is 242 g/mol. The van der Waals surface area contributed by atoms with Gasteiger partial charge in [-0.05, 0) is 32.1 Å². The summed E-state index contributed by atoms with van der Waals surface area (Å²) in [5, 5.41) is 28.4. The van der Waals surface area contributed by atoms with Gasteiger partial charge in [0.15, 0.2) is 6.23 Å². The van der Waals surface area contributed by atoms with Gasteiger partial charge in [0, 0.05) is 5.41 Å². The predicted molar refractivity (Wildman–Crippen MR) is 66.4 cm³/mol. The largest absolute Gasteiger partial charge is 0.396 e. The molecule has 1 rings (SSSR count). The third-order valence-corrected chi connectivity index (χ3v) is 3.23. The van der Waals surface area contributed by atoms with Crippen LogP contribution >= 0.6 is 0 Å². The van der Waals surface area contributed by atoms with Crippen LogP contribution in [0.2, 0.25) is 0 Å². The van der Waals surface area contributed by atoms with Crippen LogP contribution in [0.3, 0.4) is 0 Å². The van der Waals surface area contributed by atoms with Gasteiger partial charge in [0.2, 0.25) is 0 Å². The maximum Gasteiger partial charge on any atom is 0.152 e. The monoisotopic (exact) mass is 242 g/mol. The van der Waals surface area contributed by atoms with E-state index in [0.717, 1.165) is 25.7 Å². The normalized spacial score (nSPS) is 22.0. The van der Waals surface area contributed by atoms with Crippen molar-refractivity contribution >= 4 is 5.71 Å². The summed E-state index contributed by atoms with van der Waals surface area (Å²) in [6.45, 7) is 3.52. The van der Waals surface area contributed by atoms with Crippen LogP contribution in [0.1, 0.15) is 32.1 Å². The summed E-state index contributed by atoms with van der Waals surface area (Å²) in [6, 6.07) is 0. The number of nitrogens with two attached hydrogens (primary N) is 1. The average Bonchev–Trinajstić information content (AvgIpc) is 3.08. The van der Waals surface area contributed by atoms with Gasteiger partial charge in [-0.3, -0.25) is 4.99 Å². The zero-order valence-corrected chi connectivity index (χ0v) is 10.0. The molecule has 0 aliphatic heterocycles. The zero-order valence-electron chi connectivity index (χ0n) is 10.0. The first kappa shape index (κ1) is 14.3. The van der Waals surface area contributed by atoms with Gasteiger partial charge in [-0.25, -0.2) is 0 Å². The highest BCUT2D eigenvalue weighted by molar-refractivity contribution is 5.88. The van der Waals surface area contributed by atoms with E-state index in [1.54, 1.807) is 6.08 Å². The van der Waals surface area contributed by atoms with E-state index >= 15 is 0 Å². The number of allylic oxidation sites excluding steroid dienone is 1. The molecule has 17 heavy (non-hydrogen) atoms. The molecule has 0 aromatic rings. The maximum atomic E-state index is 9.88. The Bertz CT molecular complexity index is 285. The summed E-state index contributed by atoms with van der Waals surface area (Å²) >= 11 is 0. The molecule has 1 saturated carbocycles. The van der Waals surface area contributed by atoms with Crippen LogP contribution in [0.25, 0.3) is 0 Å². The van der Waals surface area contributed by atoms with Crippen LogP contribution in [0.5, 0.6) is 0 Å². The number of hydrogen-bond donors (Lipinski definition) is 4. The second-order valence-electron chi connectivity index (χ2n) is 4.64. The van der Waals surface area contributed by atoms with Crippen LogP contribution in [-0.4, -0.2) is 40.1 Å². The van der Waals surface area contributed by atoms with Gasteiger partial charge in [-0.2, -0.15) is 0 Å². The van der Waals surface area contributed by atoms with Crippen molar-refractivity contribution in [3.63, 3.8) is 0 Å². The fourth-order valence-electron chi connectivity index (χ4n) is 1.67. The molecule has 5 nitrogen and oxygen atoms in total. The summed E-state index contributed by atoms with van der Waals surface area (Å²) in [6.07, 6.45) is 3.31. The number of rotatable bonds is 8. The van der Waals surface area contributed by atoms with Crippen molar-refractivity contribution in [2.75, 3.05) is 6.61 Å². The fourth-order valence-corrected chi connectivity index (χ4v) is 1.67. The van der Waals surface area contributed by atoms with E-state index in [4.69, 9.17) is 10.8 Å². The highest BCUT2D eigenvalue weighted by atomic mass is 16.3. The quantitative estimate of drug-likeness (QED) is 0.211. The molecule has 0 radical (unpaired) electrons. The van der Waals surface area contributed by atoms with Crippen molar-refractivity contribution in [3.8, 4) is 0 Å². The van der Waals surface area contributed by atoms with Crippen LogP contribution in [0.4, 0.5) is 0 Å². The summed E-state index contributed by atoms with van der Waals surface area (Å²) in [5.74, 6) is 0. The number of hydrogen-bond acceptors (Lipinski definition) is 5. The van der Waals surface area contributed by atoms with Gasteiger partial charge < -0.3 is 21.1 Å². The van der Waals surface area contributed by atoms with E-state index in [1.807, 2.05) is 0 Å². The first-order valence-electron chi connectivity index (χ1n) is 5.96. The number of unbranched alkanes of at least 4 members (excludes halogenated alkanes) is 1. The molecule has 0 heterocycles. The molecule has 1 fully saturated rings. The first-order chi connectivity index (χ1) is 8.05. The van der Waals surface area contributed by atoms with E-state index in [0.29, 0.717) is 12.1 Å². The van der Waals surface area contributed by atoms with Crippen molar-refractivity contribution in [2.24, 2.45) is 16.1 Å². The second kappa shape index (κ2) is 6.26. The van der Waals surface area contributed by atoms with E-state index in [9.17, 15) is 10.2 Å². The van der Waals surface area contributed by atoms with Gasteiger partial charge in [0.1, 0.15) is 6.23 Å². The summed E-state index contributed by atoms with van der Waals surface area (Å²) < 4.78 is 0. The molecule has 0 spiro atoms. The molecule has 1 aliphatic carbocycles. The number of aliphatic hydroxyl groups is 3. The van der Waals surface area contributed by atoms with Crippen molar-refractivity contribution < 1.29 is 15.3 Å². The van der Waals surface area contributed by atoms with Crippen molar-refractivity contribution in [1.29, 1.82) is 0 Å². The van der Waals surface area contributed by atoms with Crippen LogP contribution < -0.4 is 5.73 Å². The number of aliphatic hydroxyl groups excluding tert-OH is 3. The second-order valence-corrected chi connectivity index (χ2v) is 4.64. The lowest BCUT2D eigenvalue weighted by Gasteiger charge is -2.18. The summed E-state index contributed by atoms with van der Waals surface area (Å²) in [4.78, 5) is 4.06. The molecule has 98 valence electrons. The third-order valence-electron chi connectivity index (χ3n) is 3.23. The maximum absolute atomic E-state index is 9.88. The standard InChI is InChI=1S/C12H22N2O3/c1-2-3-4-5-9(10(13)16)14-11(17)12(8-15)6-7-12/h2,10-11,15-17H,1,3-8,13H2. The van der Waals surface area contributed by atoms with Gasteiger partial charge in [-0.1, -0.05) is 6.08 Å². The SMILES string of the molecule is C=CCCCC(=NC(O)C1(CO)CC1)C(N)O. The molecule has 5 heteroatoms.